The van der Waals surface area contributed by atoms with Gasteiger partial charge in [0.2, 0.25) is 0 Å². The van der Waals surface area contributed by atoms with Crippen molar-refractivity contribution in [1.29, 1.82) is 5.26 Å². The Balaban J connectivity index is 1.84. The molecule has 0 spiro atoms. The Morgan fingerprint density at radius 2 is 1.90 bits per heavy atom. The average Bonchev–Trinajstić information content (AvgIpc) is 2.83. The van der Waals surface area contributed by atoms with E-state index in [1.54, 1.807) is 0 Å². The van der Waals surface area contributed by atoms with Crippen molar-refractivity contribution >= 4 is 0 Å². The molecule has 21 heavy (non-hydrogen) atoms. The van der Waals surface area contributed by atoms with E-state index < -0.39 is 0 Å². The van der Waals surface area contributed by atoms with Gasteiger partial charge in [0.25, 0.3) is 0 Å². The van der Waals surface area contributed by atoms with Crippen LogP contribution in [0.3, 0.4) is 0 Å². The lowest BCUT2D eigenvalue weighted by Gasteiger charge is -2.49. The van der Waals surface area contributed by atoms with Gasteiger partial charge >= 0.3 is 0 Å². The predicted molar refractivity (Wildman–Crippen MR) is 87.1 cm³/mol. The van der Waals surface area contributed by atoms with Gasteiger partial charge in [-0.3, -0.25) is 0 Å². The van der Waals surface area contributed by atoms with Gasteiger partial charge < -0.3 is 15.1 Å². The van der Waals surface area contributed by atoms with E-state index in [0.29, 0.717) is 11.5 Å². The molecule has 0 aromatic heterocycles. The first kappa shape index (κ1) is 16.7. The summed E-state index contributed by atoms with van der Waals surface area (Å²) in [5.74, 6) is 0.506. The summed E-state index contributed by atoms with van der Waals surface area (Å²) < 4.78 is 0. The number of likely N-dealkylation sites (N-methyl/N-ethyl adjacent to an activating group) is 2. The lowest BCUT2D eigenvalue weighted by atomic mass is 9.75. The standard InChI is InChI=1S/C17H32N4/c1-19-17(13-18)11-5-7-15(17)8-12-21(4)14-16(20(2)3)9-6-10-16/h15,19H,5-12,14H2,1-4H3. The quantitative estimate of drug-likeness (QED) is 0.780. The highest BCUT2D eigenvalue weighted by Crippen LogP contribution is 2.39. The number of nitrogens with zero attached hydrogens (tertiary/aromatic N) is 3. The molecule has 2 atom stereocenters. The molecular weight excluding hydrogens is 260 g/mol. The smallest absolute Gasteiger partial charge is 0.109 e. The molecular formula is C17H32N4. The molecule has 2 aliphatic carbocycles. The molecule has 2 saturated carbocycles. The van der Waals surface area contributed by atoms with Crippen molar-refractivity contribution in [3.05, 3.63) is 0 Å². The second kappa shape index (κ2) is 6.64. The van der Waals surface area contributed by atoms with Gasteiger partial charge in [0, 0.05) is 12.1 Å². The summed E-state index contributed by atoms with van der Waals surface area (Å²) in [4.78, 5) is 4.89. The maximum Gasteiger partial charge on any atom is 0.109 e. The molecule has 120 valence electrons. The van der Waals surface area contributed by atoms with E-state index in [0.717, 1.165) is 25.9 Å². The topological polar surface area (TPSA) is 42.3 Å². The van der Waals surface area contributed by atoms with Crippen LogP contribution in [0.2, 0.25) is 0 Å². The first-order chi connectivity index (χ1) is 9.98. The molecule has 2 unspecified atom stereocenters. The summed E-state index contributed by atoms with van der Waals surface area (Å²) in [6, 6.07) is 2.55. The highest BCUT2D eigenvalue weighted by molar-refractivity contribution is 5.13. The zero-order chi connectivity index (χ0) is 15.5. The zero-order valence-corrected chi connectivity index (χ0v) is 14.3. The Morgan fingerprint density at radius 3 is 2.38 bits per heavy atom. The van der Waals surface area contributed by atoms with Gasteiger partial charge in [-0.2, -0.15) is 5.26 Å². The van der Waals surface area contributed by atoms with Crippen molar-refractivity contribution in [2.24, 2.45) is 5.92 Å². The van der Waals surface area contributed by atoms with Crippen LogP contribution < -0.4 is 5.32 Å². The van der Waals surface area contributed by atoms with Crippen LogP contribution >= 0.6 is 0 Å². The number of nitrogens with one attached hydrogen (secondary N) is 1. The van der Waals surface area contributed by atoms with Gasteiger partial charge in [-0.1, -0.05) is 6.42 Å². The third-order valence-electron chi connectivity index (χ3n) is 6.12. The van der Waals surface area contributed by atoms with Crippen LogP contribution in [0.25, 0.3) is 0 Å². The Hall–Kier alpha value is -0.630. The minimum atomic E-state index is -0.267. The van der Waals surface area contributed by atoms with E-state index in [4.69, 9.17) is 0 Å². The second-order valence-electron chi connectivity index (χ2n) is 7.42. The van der Waals surface area contributed by atoms with Crippen molar-refractivity contribution in [3.63, 3.8) is 0 Å². The van der Waals surface area contributed by atoms with E-state index in [1.165, 1.54) is 32.1 Å². The number of hydrogen-bond acceptors (Lipinski definition) is 4. The maximum absolute atomic E-state index is 9.53. The highest BCUT2D eigenvalue weighted by Gasteiger charge is 2.43. The van der Waals surface area contributed by atoms with Crippen LogP contribution in [0.15, 0.2) is 0 Å². The van der Waals surface area contributed by atoms with Crippen LogP contribution in [0.4, 0.5) is 0 Å². The summed E-state index contributed by atoms with van der Waals surface area (Å²) in [5, 5.41) is 12.8. The average molecular weight is 292 g/mol. The Bertz CT molecular complexity index is 383. The molecule has 4 heteroatoms. The Labute approximate surface area is 130 Å². The summed E-state index contributed by atoms with van der Waals surface area (Å²) in [6.45, 7) is 2.26. The van der Waals surface area contributed by atoms with Crippen molar-refractivity contribution < 1.29 is 0 Å². The van der Waals surface area contributed by atoms with Crippen molar-refractivity contribution in [3.8, 4) is 6.07 Å². The minimum absolute atomic E-state index is 0.267. The second-order valence-corrected chi connectivity index (χ2v) is 7.42. The Morgan fingerprint density at radius 1 is 1.19 bits per heavy atom. The number of rotatable bonds is 7. The van der Waals surface area contributed by atoms with Crippen LogP contribution in [-0.2, 0) is 0 Å². The monoisotopic (exact) mass is 292 g/mol. The van der Waals surface area contributed by atoms with Gasteiger partial charge in [0.05, 0.1) is 6.07 Å². The molecule has 0 aromatic rings. The molecule has 0 amide bonds. The number of nitriles is 1. The van der Waals surface area contributed by atoms with Gasteiger partial charge in [0.1, 0.15) is 5.54 Å². The fourth-order valence-electron chi connectivity index (χ4n) is 4.29. The Kier molecular flexibility index (Phi) is 5.29. The molecule has 0 heterocycles. The van der Waals surface area contributed by atoms with Crippen LogP contribution in [0.1, 0.15) is 44.9 Å². The molecule has 2 aliphatic rings. The summed E-state index contributed by atoms with van der Waals surface area (Å²) in [7, 11) is 8.62. The first-order valence-corrected chi connectivity index (χ1v) is 8.44. The van der Waals surface area contributed by atoms with E-state index in [1.807, 2.05) is 7.05 Å². The molecule has 0 radical (unpaired) electrons. The molecule has 0 aliphatic heterocycles. The van der Waals surface area contributed by atoms with Crippen LogP contribution in [0.5, 0.6) is 0 Å². The highest BCUT2D eigenvalue weighted by atomic mass is 15.2. The van der Waals surface area contributed by atoms with Gasteiger partial charge in [0.15, 0.2) is 0 Å². The SMILES string of the molecule is CNC1(C#N)CCCC1CCN(C)CC1(N(C)C)CCC1. The molecule has 0 bridgehead atoms. The van der Waals surface area contributed by atoms with E-state index >= 15 is 0 Å². The molecule has 0 aromatic carbocycles. The summed E-state index contributed by atoms with van der Waals surface area (Å²) >= 11 is 0. The number of hydrogen-bond donors (Lipinski definition) is 1. The lowest BCUT2D eigenvalue weighted by Crippen LogP contribution is -2.57. The fourth-order valence-corrected chi connectivity index (χ4v) is 4.29. The van der Waals surface area contributed by atoms with E-state index in [9.17, 15) is 5.26 Å². The van der Waals surface area contributed by atoms with Gasteiger partial charge in [-0.25, -0.2) is 0 Å². The normalized spacial score (nSPS) is 31.4. The molecule has 0 saturated heterocycles. The fraction of sp³-hybridized carbons (Fsp3) is 0.941. The molecule has 1 N–H and O–H groups in total. The maximum atomic E-state index is 9.53. The van der Waals surface area contributed by atoms with Crippen LogP contribution in [0, 0.1) is 17.2 Å². The summed E-state index contributed by atoms with van der Waals surface area (Å²) in [5.41, 5.74) is 0.135. The largest absolute Gasteiger partial charge is 0.305 e. The predicted octanol–water partition coefficient (Wildman–Crippen LogP) is 2.07. The summed E-state index contributed by atoms with van der Waals surface area (Å²) in [6.07, 6.45) is 8.54. The van der Waals surface area contributed by atoms with Crippen molar-refractivity contribution in [2.75, 3.05) is 41.3 Å². The van der Waals surface area contributed by atoms with Crippen molar-refractivity contribution in [1.82, 2.24) is 15.1 Å². The molecule has 2 fully saturated rings. The van der Waals surface area contributed by atoms with Gasteiger partial charge in [-0.15, -0.1) is 0 Å². The molecule has 4 nitrogen and oxygen atoms in total. The minimum Gasteiger partial charge on any atom is -0.305 e. The lowest BCUT2D eigenvalue weighted by molar-refractivity contribution is 0.0261. The third-order valence-corrected chi connectivity index (χ3v) is 6.12. The first-order valence-electron chi connectivity index (χ1n) is 8.44. The van der Waals surface area contributed by atoms with E-state index in [2.05, 4.69) is 42.3 Å². The van der Waals surface area contributed by atoms with Gasteiger partial charge in [-0.05, 0) is 79.2 Å². The molecule has 2 rings (SSSR count). The van der Waals surface area contributed by atoms with Crippen LogP contribution in [-0.4, -0.2) is 62.2 Å². The third kappa shape index (κ3) is 3.26. The van der Waals surface area contributed by atoms with Crippen molar-refractivity contribution in [2.45, 2.75) is 56.0 Å². The van der Waals surface area contributed by atoms with E-state index in [-0.39, 0.29) is 5.54 Å². The zero-order valence-electron chi connectivity index (χ0n) is 14.3.